The molecular formula is C20H22N4O3. The highest BCUT2D eigenvalue weighted by Gasteiger charge is 2.21. The highest BCUT2D eigenvalue weighted by Crippen LogP contribution is 2.19. The summed E-state index contributed by atoms with van der Waals surface area (Å²) >= 11 is 0. The first-order valence-electron chi connectivity index (χ1n) is 8.58. The number of fused-ring (bicyclic) bond motifs is 1. The van der Waals surface area contributed by atoms with Gasteiger partial charge in [-0.05, 0) is 29.3 Å². The van der Waals surface area contributed by atoms with Gasteiger partial charge in [-0.3, -0.25) is 4.79 Å². The fraction of sp³-hybridized carbons (Fsp3) is 0.200. The number of aromatic nitrogens is 1. The number of carbonyl (C=O) groups is 2. The highest BCUT2D eigenvalue weighted by atomic mass is 16.5. The van der Waals surface area contributed by atoms with Gasteiger partial charge in [-0.1, -0.05) is 30.3 Å². The number of urea groups is 1. The summed E-state index contributed by atoms with van der Waals surface area (Å²) < 4.78 is 5.12. The third-order valence-corrected chi connectivity index (χ3v) is 4.36. The topological polar surface area (TPSA) is 109 Å². The summed E-state index contributed by atoms with van der Waals surface area (Å²) in [7, 11) is 1.60. The molecule has 0 bridgehead atoms. The van der Waals surface area contributed by atoms with Crippen molar-refractivity contribution in [2.24, 2.45) is 5.73 Å². The van der Waals surface area contributed by atoms with E-state index < -0.39 is 12.1 Å². The van der Waals surface area contributed by atoms with Gasteiger partial charge >= 0.3 is 6.03 Å². The minimum atomic E-state index is -0.764. The maximum Gasteiger partial charge on any atom is 0.312 e. The van der Waals surface area contributed by atoms with E-state index in [4.69, 9.17) is 10.5 Å². The molecule has 140 valence electrons. The van der Waals surface area contributed by atoms with E-state index in [0.717, 1.165) is 27.8 Å². The van der Waals surface area contributed by atoms with E-state index >= 15 is 0 Å². The van der Waals surface area contributed by atoms with Crippen molar-refractivity contribution in [3.8, 4) is 5.75 Å². The fourth-order valence-electron chi connectivity index (χ4n) is 2.96. The number of aromatic amines is 1. The second-order valence-electron chi connectivity index (χ2n) is 6.19. The van der Waals surface area contributed by atoms with Gasteiger partial charge in [0.25, 0.3) is 0 Å². The first kappa shape index (κ1) is 18.3. The first-order chi connectivity index (χ1) is 13.1. The monoisotopic (exact) mass is 366 g/mol. The van der Waals surface area contributed by atoms with Gasteiger partial charge in [0.1, 0.15) is 11.8 Å². The minimum absolute atomic E-state index is 0.296. The lowest BCUT2D eigenvalue weighted by atomic mass is 10.0. The Hall–Kier alpha value is -3.48. The maximum absolute atomic E-state index is 12.6. The predicted molar refractivity (Wildman–Crippen MR) is 103 cm³/mol. The SMILES string of the molecule is COc1ccc(CNC(=O)[C@H](Cc2c[nH]c3ccccc23)NC(N)=O)cc1. The van der Waals surface area contributed by atoms with Crippen LogP contribution in [-0.2, 0) is 17.8 Å². The Morgan fingerprint density at radius 1 is 1.15 bits per heavy atom. The third kappa shape index (κ3) is 4.58. The number of benzene rings is 2. The molecule has 3 amide bonds. The molecule has 0 aliphatic heterocycles. The van der Waals surface area contributed by atoms with Gasteiger partial charge in [0.15, 0.2) is 0 Å². The summed E-state index contributed by atoms with van der Waals surface area (Å²) in [6.07, 6.45) is 2.18. The van der Waals surface area contributed by atoms with Crippen molar-refractivity contribution in [1.29, 1.82) is 0 Å². The van der Waals surface area contributed by atoms with Crippen molar-refractivity contribution < 1.29 is 14.3 Å². The smallest absolute Gasteiger partial charge is 0.312 e. The van der Waals surface area contributed by atoms with E-state index in [1.165, 1.54) is 0 Å². The Morgan fingerprint density at radius 2 is 1.89 bits per heavy atom. The molecule has 1 aromatic heterocycles. The average molecular weight is 366 g/mol. The van der Waals surface area contributed by atoms with Crippen LogP contribution >= 0.6 is 0 Å². The van der Waals surface area contributed by atoms with Crippen LogP contribution in [0.2, 0.25) is 0 Å². The molecule has 27 heavy (non-hydrogen) atoms. The van der Waals surface area contributed by atoms with Gasteiger partial charge in [-0.15, -0.1) is 0 Å². The lowest BCUT2D eigenvalue weighted by Crippen LogP contribution is -2.49. The van der Waals surface area contributed by atoms with Gasteiger partial charge < -0.3 is 26.1 Å². The number of para-hydroxylation sites is 1. The minimum Gasteiger partial charge on any atom is -0.497 e. The van der Waals surface area contributed by atoms with Crippen molar-refractivity contribution in [2.45, 2.75) is 19.0 Å². The van der Waals surface area contributed by atoms with E-state index in [1.807, 2.05) is 54.7 Å². The summed E-state index contributed by atoms with van der Waals surface area (Å²) in [5.74, 6) is 0.451. The molecule has 0 radical (unpaired) electrons. The number of H-pyrrole nitrogens is 1. The van der Waals surface area contributed by atoms with Gasteiger partial charge in [0.2, 0.25) is 5.91 Å². The van der Waals surface area contributed by atoms with Crippen LogP contribution in [0.3, 0.4) is 0 Å². The van der Waals surface area contributed by atoms with Crippen molar-refractivity contribution in [1.82, 2.24) is 15.6 Å². The quantitative estimate of drug-likeness (QED) is 0.514. The van der Waals surface area contributed by atoms with Gasteiger partial charge in [-0.25, -0.2) is 4.79 Å². The molecule has 7 nitrogen and oxygen atoms in total. The molecule has 0 aliphatic rings. The van der Waals surface area contributed by atoms with Gasteiger partial charge in [0.05, 0.1) is 7.11 Å². The summed E-state index contributed by atoms with van der Waals surface area (Å²) in [6, 6.07) is 13.7. The van der Waals surface area contributed by atoms with Crippen LogP contribution in [0.5, 0.6) is 5.75 Å². The van der Waals surface area contributed by atoms with E-state index in [9.17, 15) is 9.59 Å². The van der Waals surface area contributed by atoms with E-state index in [0.29, 0.717) is 13.0 Å². The van der Waals surface area contributed by atoms with Crippen LogP contribution in [0.4, 0.5) is 4.79 Å². The normalized spacial score (nSPS) is 11.7. The van der Waals surface area contributed by atoms with Crippen LogP contribution in [0.1, 0.15) is 11.1 Å². The molecule has 3 aromatic rings. The Labute approximate surface area is 156 Å². The number of hydrogen-bond acceptors (Lipinski definition) is 3. The Balaban J connectivity index is 1.69. The molecule has 2 aromatic carbocycles. The zero-order valence-corrected chi connectivity index (χ0v) is 15.0. The molecule has 5 N–H and O–H groups in total. The maximum atomic E-state index is 12.6. The molecule has 1 heterocycles. The van der Waals surface area contributed by atoms with Crippen molar-refractivity contribution in [2.75, 3.05) is 7.11 Å². The predicted octanol–water partition coefficient (Wildman–Crippen LogP) is 2.07. The molecule has 0 saturated carbocycles. The number of nitrogens with two attached hydrogens (primary N) is 1. The van der Waals surface area contributed by atoms with E-state index in [-0.39, 0.29) is 5.91 Å². The number of nitrogens with one attached hydrogen (secondary N) is 3. The molecule has 3 rings (SSSR count). The average Bonchev–Trinajstić information content (AvgIpc) is 3.08. The molecule has 0 aliphatic carbocycles. The fourth-order valence-corrected chi connectivity index (χ4v) is 2.96. The largest absolute Gasteiger partial charge is 0.497 e. The molecule has 7 heteroatoms. The van der Waals surface area contributed by atoms with Crippen LogP contribution in [0.15, 0.2) is 54.7 Å². The number of methoxy groups -OCH3 is 1. The summed E-state index contributed by atoms with van der Waals surface area (Å²) in [4.78, 5) is 27.1. The number of rotatable bonds is 7. The van der Waals surface area contributed by atoms with Crippen LogP contribution in [-0.4, -0.2) is 30.1 Å². The number of hydrogen-bond donors (Lipinski definition) is 4. The van der Waals surface area contributed by atoms with Crippen molar-refractivity contribution in [3.63, 3.8) is 0 Å². The van der Waals surface area contributed by atoms with E-state index in [2.05, 4.69) is 15.6 Å². The van der Waals surface area contributed by atoms with Gasteiger partial charge in [-0.2, -0.15) is 0 Å². The van der Waals surface area contributed by atoms with Crippen LogP contribution < -0.4 is 21.1 Å². The number of amides is 3. The van der Waals surface area contributed by atoms with Crippen molar-refractivity contribution >= 4 is 22.8 Å². The molecule has 0 saturated heterocycles. The Morgan fingerprint density at radius 3 is 2.59 bits per heavy atom. The third-order valence-electron chi connectivity index (χ3n) is 4.36. The summed E-state index contributed by atoms with van der Waals surface area (Å²) in [6.45, 7) is 0.341. The second-order valence-corrected chi connectivity index (χ2v) is 6.19. The highest BCUT2D eigenvalue weighted by molar-refractivity contribution is 5.88. The van der Waals surface area contributed by atoms with Crippen LogP contribution in [0, 0.1) is 0 Å². The zero-order valence-electron chi connectivity index (χ0n) is 15.0. The second kappa shape index (κ2) is 8.27. The Kier molecular flexibility index (Phi) is 5.61. The molecule has 0 spiro atoms. The standard InChI is InChI=1S/C20H22N4O3/c1-27-15-8-6-13(7-9-15)11-23-19(25)18(24-20(21)26)10-14-12-22-17-5-3-2-4-16(14)17/h2-9,12,18,22H,10-11H2,1H3,(H,23,25)(H3,21,24,26)/t18-/m0/s1. The van der Waals surface area contributed by atoms with Crippen molar-refractivity contribution in [3.05, 3.63) is 65.9 Å². The van der Waals surface area contributed by atoms with Crippen LogP contribution in [0.25, 0.3) is 10.9 Å². The molecular weight excluding hydrogens is 344 g/mol. The first-order valence-corrected chi connectivity index (χ1v) is 8.58. The lowest BCUT2D eigenvalue weighted by Gasteiger charge is -2.17. The molecule has 0 fully saturated rings. The Bertz CT molecular complexity index is 934. The van der Waals surface area contributed by atoms with Gasteiger partial charge in [0, 0.05) is 30.1 Å². The zero-order chi connectivity index (χ0) is 19.2. The van der Waals surface area contributed by atoms with E-state index in [1.54, 1.807) is 7.11 Å². The number of ether oxygens (including phenoxy) is 1. The molecule has 1 atom stereocenters. The number of primary amides is 1. The molecule has 0 unspecified atom stereocenters. The summed E-state index contributed by atoms with van der Waals surface area (Å²) in [5.41, 5.74) is 8.10. The lowest BCUT2D eigenvalue weighted by molar-refractivity contribution is -0.123. The number of carbonyl (C=O) groups excluding carboxylic acids is 2. The summed E-state index contributed by atoms with van der Waals surface area (Å²) in [5, 5.41) is 6.38.